The number of halogens is 1. The van der Waals surface area contributed by atoms with E-state index in [9.17, 15) is 4.79 Å². The largest absolute Gasteiger partial charge is 0.303 e. The van der Waals surface area contributed by atoms with Gasteiger partial charge in [0.15, 0.2) is 11.4 Å². The fourth-order valence-corrected chi connectivity index (χ4v) is 1.92. The predicted octanol–water partition coefficient (Wildman–Crippen LogP) is 2.61. The molecule has 0 unspecified atom stereocenters. The number of carbonyl (C=O) groups excluding carboxylic acids is 1. The number of hydrogen-bond donors (Lipinski definition) is 0. The molecule has 14 heavy (non-hydrogen) atoms. The minimum absolute atomic E-state index is 0.00176. The lowest BCUT2D eigenvalue weighted by molar-refractivity contribution is 0.101. The number of aryl methyl sites for hydroxylation is 1. The van der Waals surface area contributed by atoms with Crippen LogP contribution in [0.25, 0.3) is 5.65 Å². The Morgan fingerprint density at radius 2 is 2.29 bits per heavy atom. The monoisotopic (exact) mass is 252 g/mol. The SMILES string of the molecule is CC(=O)c1nc2c(Br)cccn2c1C. The molecule has 0 aliphatic heterocycles. The van der Waals surface area contributed by atoms with Crippen LogP contribution >= 0.6 is 15.9 Å². The number of ketones is 1. The Hall–Kier alpha value is -1.16. The fraction of sp³-hybridized carbons (Fsp3) is 0.200. The van der Waals surface area contributed by atoms with E-state index in [0.717, 1.165) is 15.8 Å². The highest BCUT2D eigenvalue weighted by molar-refractivity contribution is 9.10. The highest BCUT2D eigenvalue weighted by Crippen LogP contribution is 2.20. The first kappa shape index (κ1) is 9.40. The topological polar surface area (TPSA) is 34.4 Å². The summed E-state index contributed by atoms with van der Waals surface area (Å²) in [6.07, 6.45) is 1.90. The molecule has 0 bridgehead atoms. The number of nitrogens with zero attached hydrogens (tertiary/aromatic N) is 2. The lowest BCUT2D eigenvalue weighted by Crippen LogP contribution is -1.95. The van der Waals surface area contributed by atoms with Crippen molar-refractivity contribution in [3.8, 4) is 0 Å². The van der Waals surface area contributed by atoms with Crippen molar-refractivity contribution < 1.29 is 4.79 Å². The van der Waals surface area contributed by atoms with Gasteiger partial charge < -0.3 is 4.40 Å². The molecule has 4 heteroatoms. The van der Waals surface area contributed by atoms with E-state index in [-0.39, 0.29) is 5.78 Å². The van der Waals surface area contributed by atoms with E-state index in [2.05, 4.69) is 20.9 Å². The summed E-state index contributed by atoms with van der Waals surface area (Å²) in [5.41, 5.74) is 2.21. The summed E-state index contributed by atoms with van der Waals surface area (Å²) in [7, 11) is 0. The molecule has 0 fully saturated rings. The summed E-state index contributed by atoms with van der Waals surface area (Å²) >= 11 is 3.40. The molecule has 0 saturated carbocycles. The first-order valence-electron chi connectivity index (χ1n) is 4.25. The van der Waals surface area contributed by atoms with Crippen LogP contribution < -0.4 is 0 Å². The van der Waals surface area contributed by atoms with Gasteiger partial charge in [-0.15, -0.1) is 0 Å². The van der Waals surface area contributed by atoms with Gasteiger partial charge in [-0.1, -0.05) is 0 Å². The van der Waals surface area contributed by atoms with Crippen molar-refractivity contribution in [2.75, 3.05) is 0 Å². The van der Waals surface area contributed by atoms with Crippen molar-refractivity contribution >= 4 is 27.4 Å². The van der Waals surface area contributed by atoms with Crippen LogP contribution in [0.3, 0.4) is 0 Å². The third-order valence-corrected chi connectivity index (χ3v) is 2.79. The molecule has 2 aromatic heterocycles. The number of Topliss-reactive ketones (excluding diaryl/α,β-unsaturated/α-hetero) is 1. The molecule has 0 N–H and O–H groups in total. The molecule has 2 heterocycles. The predicted molar refractivity (Wildman–Crippen MR) is 57.6 cm³/mol. The quantitative estimate of drug-likeness (QED) is 0.732. The zero-order chi connectivity index (χ0) is 10.3. The summed E-state index contributed by atoms with van der Waals surface area (Å²) in [6, 6.07) is 3.82. The van der Waals surface area contributed by atoms with Gasteiger partial charge in [0.05, 0.1) is 10.2 Å². The lowest BCUT2D eigenvalue weighted by atomic mass is 10.3. The van der Waals surface area contributed by atoms with Gasteiger partial charge in [0.25, 0.3) is 0 Å². The number of carbonyl (C=O) groups is 1. The van der Waals surface area contributed by atoms with Crippen molar-refractivity contribution in [3.05, 3.63) is 34.2 Å². The Kier molecular flexibility index (Phi) is 2.15. The first-order chi connectivity index (χ1) is 6.61. The maximum absolute atomic E-state index is 11.3. The summed E-state index contributed by atoms with van der Waals surface area (Å²) < 4.78 is 2.80. The number of fused-ring (bicyclic) bond motifs is 1. The molecule has 0 atom stereocenters. The Morgan fingerprint density at radius 1 is 1.57 bits per heavy atom. The molecule has 0 amide bonds. The van der Waals surface area contributed by atoms with Gasteiger partial charge in [-0.3, -0.25) is 4.79 Å². The van der Waals surface area contributed by atoms with Crippen LogP contribution in [0.4, 0.5) is 0 Å². The summed E-state index contributed by atoms with van der Waals surface area (Å²) in [6.45, 7) is 3.42. The van der Waals surface area contributed by atoms with Gasteiger partial charge in [-0.2, -0.15) is 0 Å². The molecule has 2 aromatic rings. The average Bonchev–Trinajstić information content (AvgIpc) is 2.46. The smallest absolute Gasteiger partial charge is 0.179 e. The van der Waals surface area contributed by atoms with Crippen LogP contribution in [0.5, 0.6) is 0 Å². The second-order valence-corrected chi connectivity index (χ2v) is 4.01. The highest BCUT2D eigenvalue weighted by Gasteiger charge is 2.12. The number of aromatic nitrogens is 2. The summed E-state index contributed by atoms with van der Waals surface area (Å²) in [5, 5.41) is 0. The van der Waals surface area contributed by atoms with E-state index in [4.69, 9.17) is 0 Å². The van der Waals surface area contributed by atoms with Crippen LogP contribution in [-0.2, 0) is 0 Å². The van der Waals surface area contributed by atoms with Gasteiger partial charge in [0, 0.05) is 13.1 Å². The van der Waals surface area contributed by atoms with Crippen molar-refractivity contribution in [2.24, 2.45) is 0 Å². The minimum atomic E-state index is -0.00176. The maximum Gasteiger partial charge on any atom is 0.179 e. The molecule has 0 aliphatic carbocycles. The van der Waals surface area contributed by atoms with Crippen LogP contribution in [0.15, 0.2) is 22.8 Å². The third kappa shape index (κ3) is 1.26. The molecule has 0 aliphatic rings. The zero-order valence-electron chi connectivity index (χ0n) is 7.91. The van der Waals surface area contributed by atoms with E-state index >= 15 is 0 Å². The second-order valence-electron chi connectivity index (χ2n) is 3.15. The maximum atomic E-state index is 11.3. The van der Waals surface area contributed by atoms with Crippen LogP contribution in [0.1, 0.15) is 23.1 Å². The van der Waals surface area contributed by atoms with E-state index in [0.29, 0.717) is 5.69 Å². The molecule has 0 aromatic carbocycles. The minimum Gasteiger partial charge on any atom is -0.303 e. The molecule has 72 valence electrons. The number of imidazole rings is 1. The molecule has 0 saturated heterocycles. The summed E-state index contributed by atoms with van der Waals surface area (Å²) in [5.74, 6) is -0.00176. The van der Waals surface area contributed by atoms with Gasteiger partial charge in [-0.25, -0.2) is 4.98 Å². The van der Waals surface area contributed by atoms with Crippen molar-refractivity contribution in [1.29, 1.82) is 0 Å². The van der Waals surface area contributed by atoms with Gasteiger partial charge in [-0.05, 0) is 35.0 Å². The molecule has 0 spiro atoms. The van der Waals surface area contributed by atoms with Gasteiger partial charge in [0.1, 0.15) is 5.69 Å². The molecule has 2 rings (SSSR count). The van der Waals surface area contributed by atoms with Crippen molar-refractivity contribution in [2.45, 2.75) is 13.8 Å². The molecular formula is C10H9BrN2O. The lowest BCUT2D eigenvalue weighted by Gasteiger charge is -1.96. The third-order valence-electron chi connectivity index (χ3n) is 2.17. The van der Waals surface area contributed by atoms with Crippen molar-refractivity contribution in [1.82, 2.24) is 9.38 Å². The zero-order valence-corrected chi connectivity index (χ0v) is 9.50. The van der Waals surface area contributed by atoms with Gasteiger partial charge >= 0.3 is 0 Å². The second kappa shape index (κ2) is 3.20. The highest BCUT2D eigenvalue weighted by atomic mass is 79.9. The van der Waals surface area contributed by atoms with E-state index in [1.807, 2.05) is 29.7 Å². The number of rotatable bonds is 1. The first-order valence-corrected chi connectivity index (χ1v) is 5.04. The summed E-state index contributed by atoms with van der Waals surface area (Å²) in [4.78, 5) is 15.5. The van der Waals surface area contributed by atoms with Gasteiger partial charge in [0.2, 0.25) is 0 Å². The van der Waals surface area contributed by atoms with E-state index in [1.54, 1.807) is 0 Å². The fourth-order valence-electron chi connectivity index (χ4n) is 1.49. The Balaban J connectivity index is 2.86. The van der Waals surface area contributed by atoms with Crippen LogP contribution in [0.2, 0.25) is 0 Å². The molecule has 3 nitrogen and oxygen atoms in total. The Bertz CT molecular complexity index is 516. The average molecular weight is 253 g/mol. The Morgan fingerprint density at radius 3 is 2.86 bits per heavy atom. The van der Waals surface area contributed by atoms with Crippen LogP contribution in [-0.4, -0.2) is 15.2 Å². The molecule has 0 radical (unpaired) electrons. The number of hydrogen-bond acceptors (Lipinski definition) is 2. The Labute approximate surface area is 89.9 Å². The van der Waals surface area contributed by atoms with E-state index < -0.39 is 0 Å². The van der Waals surface area contributed by atoms with E-state index in [1.165, 1.54) is 6.92 Å². The van der Waals surface area contributed by atoms with Crippen LogP contribution in [0, 0.1) is 6.92 Å². The standard InChI is InChI=1S/C10H9BrN2O/c1-6-9(7(2)14)12-10-8(11)4-3-5-13(6)10/h3-5H,1-2H3. The molecular weight excluding hydrogens is 244 g/mol. The van der Waals surface area contributed by atoms with Crippen molar-refractivity contribution in [3.63, 3.8) is 0 Å². The number of pyridine rings is 1. The normalized spacial score (nSPS) is 10.8.